The Morgan fingerprint density at radius 3 is 2.64 bits per heavy atom. The fourth-order valence-corrected chi connectivity index (χ4v) is 2.96. The molecule has 0 aliphatic carbocycles. The molecule has 0 atom stereocenters. The highest BCUT2D eigenvalue weighted by Crippen LogP contribution is 2.27. The number of amides is 1. The lowest BCUT2D eigenvalue weighted by atomic mass is 10.00. The maximum absolute atomic E-state index is 12.0. The first-order valence-electron chi connectivity index (χ1n) is 8.20. The van der Waals surface area contributed by atoms with E-state index in [9.17, 15) is 4.79 Å². The van der Waals surface area contributed by atoms with Crippen LogP contribution >= 0.6 is 15.9 Å². The molecule has 0 radical (unpaired) electrons. The van der Waals surface area contributed by atoms with Gasteiger partial charge in [0.15, 0.2) is 6.61 Å². The quantitative estimate of drug-likeness (QED) is 0.557. The lowest BCUT2D eigenvalue weighted by Crippen LogP contribution is -2.26. The Labute approximate surface area is 157 Å². The molecule has 0 saturated heterocycles. The number of carbonyl (C=O) groups is 1. The van der Waals surface area contributed by atoms with E-state index in [-0.39, 0.29) is 12.5 Å². The van der Waals surface area contributed by atoms with Crippen molar-refractivity contribution in [3.05, 3.63) is 63.6 Å². The average Bonchev–Trinajstić information content (AvgIpc) is 2.58. The highest BCUT2D eigenvalue weighted by atomic mass is 79.9. The highest BCUT2D eigenvalue weighted by molar-refractivity contribution is 9.10. The van der Waals surface area contributed by atoms with Gasteiger partial charge < -0.3 is 4.74 Å². The van der Waals surface area contributed by atoms with Crippen molar-refractivity contribution in [2.75, 3.05) is 6.61 Å². The summed E-state index contributed by atoms with van der Waals surface area (Å²) in [7, 11) is 0. The summed E-state index contributed by atoms with van der Waals surface area (Å²) < 4.78 is 6.62. The summed E-state index contributed by atoms with van der Waals surface area (Å²) in [4.78, 5) is 12.0. The molecule has 0 unspecified atom stereocenters. The molecule has 1 amide bonds. The molecule has 5 heteroatoms. The fourth-order valence-electron chi connectivity index (χ4n) is 2.39. The van der Waals surface area contributed by atoms with Crippen LogP contribution in [0.15, 0.2) is 52.0 Å². The lowest BCUT2D eigenvalue weighted by Gasteiger charge is -2.14. The number of hydrogen-bond donors (Lipinski definition) is 1. The van der Waals surface area contributed by atoms with Crippen LogP contribution in [-0.4, -0.2) is 18.2 Å². The molecular formula is C20H23BrN2O2. The third-order valence-corrected chi connectivity index (χ3v) is 4.45. The first kappa shape index (κ1) is 19.2. The normalized spacial score (nSPS) is 11.5. The van der Waals surface area contributed by atoms with E-state index in [1.54, 1.807) is 0 Å². The molecule has 2 aromatic carbocycles. The SMILES string of the molecule is C/C(=N/NC(=O)COc1ccc(C)cc1C(C)C)c1ccccc1Br. The Morgan fingerprint density at radius 1 is 1.24 bits per heavy atom. The summed E-state index contributed by atoms with van der Waals surface area (Å²) in [5.74, 6) is 0.776. The summed E-state index contributed by atoms with van der Waals surface area (Å²) in [6, 6.07) is 13.7. The van der Waals surface area contributed by atoms with Crippen molar-refractivity contribution in [3.63, 3.8) is 0 Å². The number of benzene rings is 2. The number of ether oxygens (including phenoxy) is 1. The van der Waals surface area contributed by atoms with E-state index in [1.807, 2.05) is 50.2 Å². The molecule has 0 spiro atoms. The first-order chi connectivity index (χ1) is 11.9. The number of carbonyl (C=O) groups excluding carboxylic acids is 1. The van der Waals surface area contributed by atoms with Gasteiger partial charge in [-0.05, 0) is 37.5 Å². The summed E-state index contributed by atoms with van der Waals surface area (Å²) in [6.45, 7) is 8.02. The summed E-state index contributed by atoms with van der Waals surface area (Å²) in [5, 5.41) is 4.15. The molecule has 0 bridgehead atoms. The predicted molar refractivity (Wildman–Crippen MR) is 105 cm³/mol. The van der Waals surface area contributed by atoms with Crippen LogP contribution in [0.5, 0.6) is 5.75 Å². The van der Waals surface area contributed by atoms with Gasteiger partial charge in [-0.2, -0.15) is 5.10 Å². The van der Waals surface area contributed by atoms with Crippen LogP contribution < -0.4 is 10.2 Å². The van der Waals surface area contributed by atoms with Crippen LogP contribution in [0.4, 0.5) is 0 Å². The molecule has 0 aromatic heterocycles. The van der Waals surface area contributed by atoms with E-state index in [4.69, 9.17) is 4.74 Å². The molecule has 2 rings (SSSR count). The molecule has 0 saturated carbocycles. The van der Waals surface area contributed by atoms with Crippen molar-refractivity contribution in [2.24, 2.45) is 5.10 Å². The smallest absolute Gasteiger partial charge is 0.277 e. The minimum atomic E-state index is -0.290. The molecule has 0 fully saturated rings. The Bertz CT molecular complexity index is 785. The summed E-state index contributed by atoms with van der Waals surface area (Å²) in [6.07, 6.45) is 0. The van der Waals surface area contributed by atoms with Gasteiger partial charge in [0.05, 0.1) is 5.71 Å². The highest BCUT2D eigenvalue weighted by Gasteiger charge is 2.10. The van der Waals surface area contributed by atoms with Crippen molar-refractivity contribution in [1.82, 2.24) is 5.43 Å². The lowest BCUT2D eigenvalue weighted by molar-refractivity contribution is -0.123. The molecule has 2 aromatic rings. The van der Waals surface area contributed by atoms with Crippen molar-refractivity contribution < 1.29 is 9.53 Å². The van der Waals surface area contributed by atoms with Crippen LogP contribution in [0.1, 0.15) is 43.4 Å². The van der Waals surface area contributed by atoms with Gasteiger partial charge in [-0.15, -0.1) is 0 Å². The first-order valence-corrected chi connectivity index (χ1v) is 8.99. The second kappa shape index (κ2) is 8.81. The molecule has 0 aliphatic heterocycles. The Balaban J connectivity index is 1.98. The second-order valence-electron chi connectivity index (χ2n) is 6.20. The number of aryl methyl sites for hydroxylation is 1. The zero-order valence-corrected chi connectivity index (χ0v) is 16.6. The second-order valence-corrected chi connectivity index (χ2v) is 7.05. The van der Waals surface area contributed by atoms with Gasteiger partial charge in [0.2, 0.25) is 0 Å². The maximum atomic E-state index is 12.0. The third kappa shape index (κ3) is 5.43. The Morgan fingerprint density at radius 2 is 1.96 bits per heavy atom. The van der Waals surface area contributed by atoms with Crippen LogP contribution in [0.3, 0.4) is 0 Å². The molecule has 4 nitrogen and oxygen atoms in total. The zero-order chi connectivity index (χ0) is 18.4. The number of hydrazone groups is 1. The van der Waals surface area contributed by atoms with Crippen molar-refractivity contribution in [1.29, 1.82) is 0 Å². The Hall–Kier alpha value is -2.14. The fraction of sp³-hybridized carbons (Fsp3) is 0.300. The molecular weight excluding hydrogens is 380 g/mol. The molecule has 132 valence electrons. The largest absolute Gasteiger partial charge is 0.483 e. The van der Waals surface area contributed by atoms with E-state index in [1.165, 1.54) is 5.56 Å². The summed E-state index contributed by atoms with van der Waals surface area (Å²) in [5.41, 5.74) is 6.47. The van der Waals surface area contributed by atoms with E-state index < -0.39 is 0 Å². The summed E-state index contributed by atoms with van der Waals surface area (Å²) >= 11 is 3.47. The van der Waals surface area contributed by atoms with Crippen LogP contribution in [-0.2, 0) is 4.79 Å². The minimum Gasteiger partial charge on any atom is -0.483 e. The Kier molecular flexibility index (Phi) is 6.76. The van der Waals surface area contributed by atoms with E-state index in [0.29, 0.717) is 5.92 Å². The number of halogens is 1. The topological polar surface area (TPSA) is 50.7 Å². The van der Waals surface area contributed by atoms with E-state index in [0.717, 1.165) is 27.1 Å². The maximum Gasteiger partial charge on any atom is 0.277 e. The molecule has 1 N–H and O–H groups in total. The van der Waals surface area contributed by atoms with Crippen LogP contribution in [0.25, 0.3) is 0 Å². The van der Waals surface area contributed by atoms with Gasteiger partial charge in [-0.25, -0.2) is 5.43 Å². The molecule has 25 heavy (non-hydrogen) atoms. The van der Waals surface area contributed by atoms with Crippen LogP contribution in [0.2, 0.25) is 0 Å². The van der Waals surface area contributed by atoms with Crippen LogP contribution in [0, 0.1) is 6.92 Å². The number of rotatable bonds is 6. The van der Waals surface area contributed by atoms with Gasteiger partial charge in [-0.3, -0.25) is 4.79 Å². The van der Waals surface area contributed by atoms with Gasteiger partial charge in [0.25, 0.3) is 5.91 Å². The van der Waals surface area contributed by atoms with Crippen molar-refractivity contribution >= 4 is 27.5 Å². The van der Waals surface area contributed by atoms with E-state index >= 15 is 0 Å². The standard InChI is InChI=1S/C20H23BrN2O2/c1-13(2)17-11-14(3)9-10-19(17)25-12-20(24)23-22-15(4)16-7-5-6-8-18(16)21/h5-11,13H,12H2,1-4H3,(H,23,24)/b22-15-. The van der Waals surface area contributed by atoms with Gasteiger partial charge in [-0.1, -0.05) is 65.7 Å². The third-order valence-electron chi connectivity index (χ3n) is 3.76. The number of nitrogens with zero attached hydrogens (tertiary/aromatic N) is 1. The number of nitrogens with one attached hydrogen (secondary N) is 1. The minimum absolute atomic E-state index is 0.0739. The van der Waals surface area contributed by atoms with Crippen molar-refractivity contribution in [3.8, 4) is 5.75 Å². The average molecular weight is 403 g/mol. The van der Waals surface area contributed by atoms with Gasteiger partial charge >= 0.3 is 0 Å². The van der Waals surface area contributed by atoms with Gasteiger partial charge in [0, 0.05) is 10.0 Å². The van der Waals surface area contributed by atoms with Gasteiger partial charge in [0.1, 0.15) is 5.75 Å². The zero-order valence-electron chi connectivity index (χ0n) is 15.0. The predicted octanol–water partition coefficient (Wildman–Crippen LogP) is 4.80. The molecule has 0 aliphatic rings. The van der Waals surface area contributed by atoms with Crippen molar-refractivity contribution in [2.45, 2.75) is 33.6 Å². The monoisotopic (exact) mass is 402 g/mol. The van der Waals surface area contributed by atoms with E-state index in [2.05, 4.69) is 46.4 Å². The molecule has 0 heterocycles. The number of hydrogen-bond acceptors (Lipinski definition) is 3.